The number of carbonyl (C=O) groups is 3. The lowest BCUT2D eigenvalue weighted by Crippen LogP contribution is -2.43. The molecule has 3 N–H and O–H groups in total. The van der Waals surface area contributed by atoms with Gasteiger partial charge < -0.3 is 20.6 Å². The maximum Gasteiger partial charge on any atom is 0.313 e. The number of carbonyl (C=O) groups excluding carboxylic acids is 3. The molecule has 2 aromatic rings. The number of rotatable bonds is 5. The average molecular weight is 387 g/mol. The van der Waals surface area contributed by atoms with Crippen molar-refractivity contribution in [2.45, 2.75) is 25.4 Å². The highest BCUT2D eigenvalue weighted by molar-refractivity contribution is 7.10. The summed E-state index contributed by atoms with van der Waals surface area (Å²) in [5.74, 6) is -1.62. The van der Waals surface area contributed by atoms with Gasteiger partial charge in [0, 0.05) is 29.2 Å². The Bertz CT molecular complexity index is 848. The van der Waals surface area contributed by atoms with Crippen LogP contribution in [0, 0.1) is 0 Å². The van der Waals surface area contributed by atoms with Crippen LogP contribution in [0.4, 0.5) is 11.4 Å². The van der Waals surface area contributed by atoms with Crippen LogP contribution in [0.25, 0.3) is 0 Å². The van der Waals surface area contributed by atoms with Gasteiger partial charge in [-0.05, 0) is 43.0 Å². The van der Waals surface area contributed by atoms with E-state index in [1.54, 1.807) is 48.2 Å². The Kier molecular flexibility index (Phi) is 5.57. The van der Waals surface area contributed by atoms with Crippen LogP contribution in [0.5, 0.6) is 0 Å². The van der Waals surface area contributed by atoms with Gasteiger partial charge in [-0.3, -0.25) is 14.4 Å². The molecule has 1 saturated heterocycles. The molecule has 8 heteroatoms. The van der Waals surface area contributed by atoms with Crippen LogP contribution in [0.15, 0.2) is 41.8 Å². The van der Waals surface area contributed by atoms with Gasteiger partial charge in [0.1, 0.15) is 5.60 Å². The summed E-state index contributed by atoms with van der Waals surface area (Å²) in [6.07, 6.45) is 1.32. The Morgan fingerprint density at radius 3 is 2.74 bits per heavy atom. The molecule has 0 spiro atoms. The molecule has 1 aromatic heterocycles. The highest BCUT2D eigenvalue weighted by atomic mass is 32.1. The van der Waals surface area contributed by atoms with E-state index in [1.807, 2.05) is 5.38 Å². The molecule has 7 nitrogen and oxygen atoms in total. The van der Waals surface area contributed by atoms with Gasteiger partial charge in [-0.1, -0.05) is 12.1 Å². The number of hydrogen-bond acceptors (Lipinski definition) is 5. The van der Waals surface area contributed by atoms with Gasteiger partial charge in [0.25, 0.3) is 0 Å². The number of aliphatic hydroxyl groups is 1. The lowest BCUT2D eigenvalue weighted by molar-refractivity contribution is -0.136. The van der Waals surface area contributed by atoms with E-state index in [-0.39, 0.29) is 12.5 Å². The quantitative estimate of drug-likeness (QED) is 0.682. The molecule has 1 aliphatic rings. The molecule has 2 heterocycles. The SMILES string of the molecule is C[C@@](O)(CNC(=O)C(=O)Nc1cccc(N2CCCC2=O)c1)c1cccs1. The highest BCUT2D eigenvalue weighted by Gasteiger charge is 2.26. The van der Waals surface area contributed by atoms with Crippen molar-refractivity contribution in [3.05, 3.63) is 46.7 Å². The predicted molar refractivity (Wildman–Crippen MR) is 104 cm³/mol. The fourth-order valence-corrected chi connectivity index (χ4v) is 3.65. The lowest BCUT2D eigenvalue weighted by atomic mass is 10.1. The first-order valence-corrected chi connectivity index (χ1v) is 9.51. The first kappa shape index (κ1) is 19.1. The largest absolute Gasteiger partial charge is 0.383 e. The van der Waals surface area contributed by atoms with Crippen molar-refractivity contribution >= 4 is 40.4 Å². The number of benzene rings is 1. The molecule has 142 valence electrons. The van der Waals surface area contributed by atoms with E-state index >= 15 is 0 Å². The summed E-state index contributed by atoms with van der Waals surface area (Å²) in [6, 6.07) is 10.4. The van der Waals surface area contributed by atoms with Crippen molar-refractivity contribution in [3.8, 4) is 0 Å². The molecule has 0 aliphatic carbocycles. The maximum atomic E-state index is 12.1. The molecule has 1 atom stereocenters. The number of nitrogens with one attached hydrogen (secondary N) is 2. The van der Waals surface area contributed by atoms with Crippen LogP contribution in [0.2, 0.25) is 0 Å². The van der Waals surface area contributed by atoms with Gasteiger partial charge in [-0.2, -0.15) is 0 Å². The molecule has 1 fully saturated rings. The third-order valence-corrected chi connectivity index (χ3v) is 5.46. The van der Waals surface area contributed by atoms with Crippen LogP contribution in [0.3, 0.4) is 0 Å². The van der Waals surface area contributed by atoms with Gasteiger partial charge in [0.05, 0.1) is 6.54 Å². The van der Waals surface area contributed by atoms with Crippen molar-refractivity contribution in [3.63, 3.8) is 0 Å². The van der Waals surface area contributed by atoms with Crippen LogP contribution in [0.1, 0.15) is 24.6 Å². The summed E-state index contributed by atoms with van der Waals surface area (Å²) in [5.41, 5.74) is -0.131. The van der Waals surface area contributed by atoms with Crippen molar-refractivity contribution in [1.82, 2.24) is 5.32 Å². The molecule has 3 amide bonds. The second-order valence-electron chi connectivity index (χ2n) is 6.59. The summed E-state index contributed by atoms with van der Waals surface area (Å²) in [5, 5.41) is 17.2. The summed E-state index contributed by atoms with van der Waals surface area (Å²) in [4.78, 5) is 38.4. The molecule has 0 radical (unpaired) electrons. The zero-order valence-corrected chi connectivity index (χ0v) is 15.7. The Labute approximate surface area is 161 Å². The van der Waals surface area contributed by atoms with Gasteiger partial charge in [-0.15, -0.1) is 11.3 Å². The monoisotopic (exact) mass is 387 g/mol. The minimum atomic E-state index is -1.25. The lowest BCUT2D eigenvalue weighted by Gasteiger charge is -2.22. The molecular weight excluding hydrogens is 366 g/mol. The highest BCUT2D eigenvalue weighted by Crippen LogP contribution is 2.25. The zero-order valence-electron chi connectivity index (χ0n) is 14.9. The van der Waals surface area contributed by atoms with Gasteiger partial charge in [0.2, 0.25) is 5.91 Å². The van der Waals surface area contributed by atoms with Crippen LogP contribution < -0.4 is 15.5 Å². The molecule has 1 aromatic carbocycles. The number of anilines is 2. The third-order valence-electron chi connectivity index (χ3n) is 4.34. The third kappa shape index (κ3) is 4.53. The Morgan fingerprint density at radius 1 is 1.26 bits per heavy atom. The second kappa shape index (κ2) is 7.89. The zero-order chi connectivity index (χ0) is 19.4. The number of amides is 3. The number of thiophene rings is 1. The van der Waals surface area contributed by atoms with Crippen LogP contribution >= 0.6 is 11.3 Å². The predicted octanol–water partition coefficient (Wildman–Crippen LogP) is 1.84. The van der Waals surface area contributed by atoms with Gasteiger partial charge in [-0.25, -0.2) is 0 Å². The standard InChI is InChI=1S/C19H21N3O4S/c1-19(26,15-7-4-10-27-15)12-20-17(24)18(25)21-13-5-2-6-14(11-13)22-9-3-8-16(22)23/h2,4-7,10-11,26H,3,8-9,12H2,1H3,(H,20,24)(H,21,25)/t19-/m1/s1. The van der Waals surface area contributed by atoms with E-state index < -0.39 is 17.4 Å². The Balaban J connectivity index is 1.58. The van der Waals surface area contributed by atoms with E-state index in [0.717, 1.165) is 6.42 Å². The molecule has 3 rings (SSSR count). The molecule has 0 saturated carbocycles. The van der Waals surface area contributed by atoms with E-state index in [4.69, 9.17) is 0 Å². The van der Waals surface area contributed by atoms with E-state index in [9.17, 15) is 19.5 Å². The number of nitrogens with zero attached hydrogens (tertiary/aromatic N) is 1. The fourth-order valence-electron chi connectivity index (χ4n) is 2.87. The normalized spacial score (nSPS) is 16.1. The van der Waals surface area contributed by atoms with Gasteiger partial charge in [0.15, 0.2) is 0 Å². The smallest absolute Gasteiger partial charge is 0.313 e. The van der Waals surface area contributed by atoms with Crippen molar-refractivity contribution in [2.75, 3.05) is 23.3 Å². The fraction of sp³-hybridized carbons (Fsp3) is 0.316. The molecule has 0 unspecified atom stereocenters. The average Bonchev–Trinajstić information content (AvgIpc) is 3.32. The van der Waals surface area contributed by atoms with Crippen molar-refractivity contribution < 1.29 is 19.5 Å². The van der Waals surface area contributed by atoms with E-state index in [2.05, 4.69) is 10.6 Å². The van der Waals surface area contributed by atoms with E-state index in [1.165, 1.54) is 11.3 Å². The first-order chi connectivity index (χ1) is 12.9. The summed E-state index contributed by atoms with van der Waals surface area (Å²) >= 11 is 1.37. The summed E-state index contributed by atoms with van der Waals surface area (Å²) in [7, 11) is 0. The van der Waals surface area contributed by atoms with Crippen LogP contribution in [-0.4, -0.2) is 35.9 Å². The van der Waals surface area contributed by atoms with Gasteiger partial charge >= 0.3 is 11.8 Å². The van der Waals surface area contributed by atoms with Crippen molar-refractivity contribution in [2.24, 2.45) is 0 Å². The van der Waals surface area contributed by atoms with Crippen LogP contribution in [-0.2, 0) is 20.0 Å². The number of hydrogen-bond donors (Lipinski definition) is 3. The summed E-state index contributed by atoms with van der Waals surface area (Å²) < 4.78 is 0. The Hall–Kier alpha value is -2.71. The maximum absolute atomic E-state index is 12.1. The molecular formula is C19H21N3O4S. The molecule has 1 aliphatic heterocycles. The molecule has 27 heavy (non-hydrogen) atoms. The minimum Gasteiger partial charge on any atom is -0.383 e. The topological polar surface area (TPSA) is 98.7 Å². The molecule has 0 bridgehead atoms. The Morgan fingerprint density at radius 2 is 2.07 bits per heavy atom. The minimum absolute atomic E-state index is 0.0482. The van der Waals surface area contributed by atoms with E-state index in [0.29, 0.717) is 29.2 Å². The first-order valence-electron chi connectivity index (χ1n) is 8.63. The second-order valence-corrected chi connectivity index (χ2v) is 7.53. The summed E-state index contributed by atoms with van der Waals surface area (Å²) in [6.45, 7) is 2.14. The van der Waals surface area contributed by atoms with Crippen molar-refractivity contribution in [1.29, 1.82) is 0 Å².